The number of hydrogen-bond donors (Lipinski definition) is 2. The van der Waals surface area contributed by atoms with Crippen LogP contribution in [0.25, 0.3) is 0 Å². The van der Waals surface area contributed by atoms with Gasteiger partial charge in [0.05, 0.1) is 19.3 Å². The molecule has 1 saturated heterocycles. The van der Waals surface area contributed by atoms with E-state index in [9.17, 15) is 0 Å². The molecule has 1 rings (SSSR count). The standard InChI is InChI=1S/C7H14N2O2S/c1-5-2-6(3-10-5)4-11-7(12)9-8/h5-6H,2-4,8H2,1H3,(H,9,12). The third-order valence-corrected chi connectivity index (χ3v) is 2.09. The monoisotopic (exact) mass is 190 g/mol. The molecule has 0 aromatic heterocycles. The molecule has 0 spiro atoms. The van der Waals surface area contributed by atoms with Gasteiger partial charge in [-0.1, -0.05) is 0 Å². The van der Waals surface area contributed by atoms with Crippen molar-refractivity contribution in [1.82, 2.24) is 5.43 Å². The molecule has 0 aliphatic carbocycles. The van der Waals surface area contributed by atoms with E-state index in [4.69, 9.17) is 27.5 Å². The first-order chi connectivity index (χ1) is 5.72. The molecule has 3 N–H and O–H groups in total. The summed E-state index contributed by atoms with van der Waals surface area (Å²) in [6, 6.07) is 0. The molecule has 2 atom stereocenters. The average Bonchev–Trinajstić information content (AvgIpc) is 2.47. The molecule has 1 heterocycles. The molecule has 1 aliphatic heterocycles. The highest BCUT2D eigenvalue weighted by molar-refractivity contribution is 7.80. The lowest BCUT2D eigenvalue weighted by atomic mass is 10.1. The number of nitrogens with two attached hydrogens (primary N) is 1. The number of rotatable bonds is 2. The molecule has 12 heavy (non-hydrogen) atoms. The average molecular weight is 190 g/mol. The van der Waals surface area contributed by atoms with Crippen LogP contribution in [0.2, 0.25) is 0 Å². The zero-order valence-corrected chi connectivity index (χ0v) is 7.89. The van der Waals surface area contributed by atoms with Gasteiger partial charge in [-0.2, -0.15) is 0 Å². The van der Waals surface area contributed by atoms with Crippen LogP contribution in [0.15, 0.2) is 0 Å². The highest BCUT2D eigenvalue weighted by atomic mass is 32.1. The van der Waals surface area contributed by atoms with Crippen LogP contribution in [-0.2, 0) is 9.47 Å². The van der Waals surface area contributed by atoms with Crippen molar-refractivity contribution in [2.75, 3.05) is 13.2 Å². The molecule has 1 fully saturated rings. The third-order valence-electron chi connectivity index (χ3n) is 1.85. The molecule has 0 bridgehead atoms. The van der Waals surface area contributed by atoms with E-state index in [1.54, 1.807) is 0 Å². The van der Waals surface area contributed by atoms with Gasteiger partial charge < -0.3 is 9.47 Å². The third kappa shape index (κ3) is 2.92. The summed E-state index contributed by atoms with van der Waals surface area (Å²) in [5.41, 5.74) is 2.27. The van der Waals surface area contributed by atoms with Crippen molar-refractivity contribution < 1.29 is 9.47 Å². The van der Waals surface area contributed by atoms with Crippen LogP contribution in [0.5, 0.6) is 0 Å². The summed E-state index contributed by atoms with van der Waals surface area (Å²) in [4.78, 5) is 0. The molecule has 2 unspecified atom stereocenters. The quantitative estimate of drug-likeness (QED) is 0.369. The van der Waals surface area contributed by atoms with E-state index in [2.05, 4.69) is 12.3 Å². The molecular weight excluding hydrogens is 176 g/mol. The van der Waals surface area contributed by atoms with Crippen LogP contribution in [0.1, 0.15) is 13.3 Å². The summed E-state index contributed by atoms with van der Waals surface area (Å²) >= 11 is 4.72. The Hall–Kier alpha value is -0.390. The lowest BCUT2D eigenvalue weighted by Crippen LogP contribution is -2.31. The van der Waals surface area contributed by atoms with E-state index < -0.39 is 0 Å². The second kappa shape index (κ2) is 4.59. The smallest absolute Gasteiger partial charge is 0.271 e. The van der Waals surface area contributed by atoms with Crippen molar-refractivity contribution in [3.8, 4) is 0 Å². The van der Waals surface area contributed by atoms with Gasteiger partial charge in [0.25, 0.3) is 5.17 Å². The summed E-state index contributed by atoms with van der Waals surface area (Å²) < 4.78 is 10.5. The first-order valence-electron chi connectivity index (χ1n) is 3.97. The normalized spacial score (nSPS) is 28.5. The van der Waals surface area contributed by atoms with Crippen molar-refractivity contribution in [3.05, 3.63) is 0 Å². The molecule has 5 heteroatoms. The largest absolute Gasteiger partial charge is 0.470 e. The first kappa shape index (κ1) is 9.70. The second-order valence-electron chi connectivity index (χ2n) is 2.99. The van der Waals surface area contributed by atoms with Crippen LogP contribution < -0.4 is 11.3 Å². The number of nitrogens with one attached hydrogen (secondary N) is 1. The van der Waals surface area contributed by atoms with E-state index in [0.717, 1.165) is 13.0 Å². The molecule has 0 aromatic carbocycles. The predicted molar refractivity (Wildman–Crippen MR) is 49.4 cm³/mol. The molecule has 0 amide bonds. The predicted octanol–water partition coefficient (Wildman–Crippen LogP) is 0.176. The zero-order chi connectivity index (χ0) is 8.97. The lowest BCUT2D eigenvalue weighted by Gasteiger charge is -2.09. The van der Waals surface area contributed by atoms with Gasteiger partial charge in [0.1, 0.15) is 0 Å². The van der Waals surface area contributed by atoms with Gasteiger partial charge in [0.15, 0.2) is 0 Å². The topological polar surface area (TPSA) is 56.5 Å². The fourth-order valence-corrected chi connectivity index (χ4v) is 1.33. The van der Waals surface area contributed by atoms with Gasteiger partial charge in [-0.15, -0.1) is 0 Å². The molecular formula is C7H14N2O2S. The Morgan fingerprint density at radius 1 is 1.83 bits per heavy atom. The first-order valence-corrected chi connectivity index (χ1v) is 4.38. The summed E-state index contributed by atoms with van der Waals surface area (Å²) in [5, 5.41) is 0.245. The number of thiocarbonyl (C=S) groups is 1. The van der Waals surface area contributed by atoms with Crippen molar-refractivity contribution >= 4 is 17.4 Å². The Morgan fingerprint density at radius 2 is 2.58 bits per heavy atom. The Morgan fingerprint density at radius 3 is 3.08 bits per heavy atom. The molecule has 0 radical (unpaired) electrons. The summed E-state index contributed by atoms with van der Waals surface area (Å²) in [7, 11) is 0. The lowest BCUT2D eigenvalue weighted by molar-refractivity contribution is 0.114. The van der Waals surface area contributed by atoms with Crippen molar-refractivity contribution in [3.63, 3.8) is 0 Å². The Bertz CT molecular complexity index is 165. The van der Waals surface area contributed by atoms with Crippen molar-refractivity contribution in [1.29, 1.82) is 0 Å². The molecule has 4 nitrogen and oxygen atoms in total. The maximum Gasteiger partial charge on any atom is 0.271 e. The molecule has 70 valence electrons. The Labute approximate surface area is 77.4 Å². The van der Waals surface area contributed by atoms with Crippen LogP contribution in [-0.4, -0.2) is 24.5 Å². The second-order valence-corrected chi connectivity index (χ2v) is 3.36. The molecule has 0 saturated carbocycles. The fourth-order valence-electron chi connectivity index (χ4n) is 1.26. The summed E-state index contributed by atoms with van der Waals surface area (Å²) in [6.45, 7) is 3.40. The van der Waals surface area contributed by atoms with Crippen LogP contribution in [0.3, 0.4) is 0 Å². The van der Waals surface area contributed by atoms with Gasteiger partial charge in [-0.25, -0.2) is 5.84 Å². The van der Waals surface area contributed by atoms with E-state index in [1.807, 2.05) is 0 Å². The highest BCUT2D eigenvalue weighted by Gasteiger charge is 2.22. The van der Waals surface area contributed by atoms with E-state index in [0.29, 0.717) is 18.6 Å². The maximum atomic E-state index is 5.36. The Balaban J connectivity index is 2.11. The minimum Gasteiger partial charge on any atom is -0.470 e. The minimum atomic E-state index is 0.245. The van der Waals surface area contributed by atoms with Gasteiger partial charge in [0, 0.05) is 5.92 Å². The van der Waals surface area contributed by atoms with Crippen molar-refractivity contribution in [2.45, 2.75) is 19.4 Å². The fraction of sp³-hybridized carbons (Fsp3) is 0.857. The van der Waals surface area contributed by atoms with Crippen molar-refractivity contribution in [2.24, 2.45) is 11.8 Å². The molecule has 1 aliphatic rings. The van der Waals surface area contributed by atoms with E-state index >= 15 is 0 Å². The number of hydrogen-bond acceptors (Lipinski definition) is 4. The minimum absolute atomic E-state index is 0.245. The zero-order valence-electron chi connectivity index (χ0n) is 7.08. The van der Waals surface area contributed by atoms with Gasteiger partial charge in [0.2, 0.25) is 0 Å². The van der Waals surface area contributed by atoms with Gasteiger partial charge in [-0.3, -0.25) is 5.43 Å². The van der Waals surface area contributed by atoms with E-state index in [1.165, 1.54) is 0 Å². The van der Waals surface area contributed by atoms with Gasteiger partial charge >= 0.3 is 0 Å². The van der Waals surface area contributed by atoms with Crippen LogP contribution in [0.4, 0.5) is 0 Å². The van der Waals surface area contributed by atoms with Crippen LogP contribution in [0, 0.1) is 5.92 Å². The van der Waals surface area contributed by atoms with Crippen LogP contribution >= 0.6 is 12.2 Å². The molecule has 0 aromatic rings. The number of ether oxygens (including phenoxy) is 2. The maximum absolute atomic E-state index is 5.36. The highest BCUT2D eigenvalue weighted by Crippen LogP contribution is 2.18. The van der Waals surface area contributed by atoms with E-state index in [-0.39, 0.29) is 5.17 Å². The van der Waals surface area contributed by atoms with Gasteiger partial charge in [-0.05, 0) is 25.6 Å². The summed E-state index contributed by atoms with van der Waals surface area (Å²) in [5.74, 6) is 5.49. The Kier molecular flexibility index (Phi) is 3.71. The SMILES string of the molecule is CC1CC(COC(=S)NN)CO1. The number of hydrazine groups is 1. The summed E-state index contributed by atoms with van der Waals surface area (Å²) in [6.07, 6.45) is 1.38.